The van der Waals surface area contributed by atoms with E-state index < -0.39 is 11.9 Å². The van der Waals surface area contributed by atoms with Gasteiger partial charge in [0.25, 0.3) is 5.91 Å². The zero-order chi connectivity index (χ0) is 21.3. The maximum absolute atomic E-state index is 12.3. The van der Waals surface area contributed by atoms with E-state index in [0.717, 1.165) is 10.0 Å². The molecular weight excluding hydrogens is 448 g/mol. The van der Waals surface area contributed by atoms with Crippen LogP contribution in [0.2, 0.25) is 0 Å². The van der Waals surface area contributed by atoms with Gasteiger partial charge in [0.05, 0.1) is 11.8 Å². The fourth-order valence-corrected chi connectivity index (χ4v) is 2.81. The van der Waals surface area contributed by atoms with Crippen molar-refractivity contribution in [3.63, 3.8) is 0 Å². The molecule has 0 aliphatic carbocycles. The van der Waals surface area contributed by atoms with E-state index in [9.17, 15) is 9.59 Å². The number of amides is 1. The van der Waals surface area contributed by atoms with Gasteiger partial charge in [-0.05, 0) is 49.4 Å². The first kappa shape index (κ1) is 21.3. The molecule has 0 saturated carbocycles. The van der Waals surface area contributed by atoms with Gasteiger partial charge in [0.2, 0.25) is 0 Å². The van der Waals surface area contributed by atoms with Crippen LogP contribution >= 0.6 is 15.9 Å². The van der Waals surface area contributed by atoms with E-state index in [1.807, 2.05) is 25.1 Å². The molecule has 3 rings (SSSR count). The molecule has 7 heteroatoms. The van der Waals surface area contributed by atoms with Crippen LogP contribution in [0.3, 0.4) is 0 Å². The van der Waals surface area contributed by atoms with Gasteiger partial charge >= 0.3 is 5.97 Å². The average molecular weight is 467 g/mol. The average Bonchev–Trinajstić information content (AvgIpc) is 2.75. The number of aryl methyl sites for hydroxylation is 1. The van der Waals surface area contributed by atoms with E-state index >= 15 is 0 Å². The van der Waals surface area contributed by atoms with Gasteiger partial charge in [0.1, 0.15) is 11.5 Å². The van der Waals surface area contributed by atoms with E-state index in [0.29, 0.717) is 22.6 Å². The number of hydrogen-bond donors (Lipinski definition) is 1. The lowest BCUT2D eigenvalue weighted by molar-refractivity contribution is -0.123. The molecule has 0 aliphatic heterocycles. The highest BCUT2D eigenvalue weighted by molar-refractivity contribution is 9.10. The molecule has 0 saturated heterocycles. The van der Waals surface area contributed by atoms with Crippen molar-refractivity contribution in [2.75, 3.05) is 6.61 Å². The number of benzene rings is 3. The largest absolute Gasteiger partial charge is 0.484 e. The van der Waals surface area contributed by atoms with Gasteiger partial charge in [-0.2, -0.15) is 5.10 Å². The molecule has 0 atom stereocenters. The van der Waals surface area contributed by atoms with E-state index in [1.165, 1.54) is 6.21 Å². The first-order valence-corrected chi connectivity index (χ1v) is 9.89. The van der Waals surface area contributed by atoms with Crippen LogP contribution in [0.4, 0.5) is 0 Å². The molecule has 30 heavy (non-hydrogen) atoms. The fourth-order valence-electron chi connectivity index (χ4n) is 2.44. The quantitative estimate of drug-likeness (QED) is 0.240. The van der Waals surface area contributed by atoms with Gasteiger partial charge in [-0.25, -0.2) is 10.2 Å². The zero-order valence-electron chi connectivity index (χ0n) is 16.2. The van der Waals surface area contributed by atoms with Gasteiger partial charge in [-0.1, -0.05) is 51.8 Å². The van der Waals surface area contributed by atoms with Gasteiger partial charge in [-0.3, -0.25) is 4.79 Å². The number of nitrogens with one attached hydrogen (secondary N) is 1. The minimum atomic E-state index is -0.483. The summed E-state index contributed by atoms with van der Waals surface area (Å²) in [5.41, 5.74) is 4.46. The second-order valence-corrected chi connectivity index (χ2v) is 7.25. The van der Waals surface area contributed by atoms with Crippen molar-refractivity contribution in [2.24, 2.45) is 5.10 Å². The van der Waals surface area contributed by atoms with Crippen molar-refractivity contribution in [1.82, 2.24) is 5.43 Å². The molecule has 3 aromatic rings. The molecule has 0 aliphatic rings. The Morgan fingerprint density at radius 2 is 1.77 bits per heavy atom. The van der Waals surface area contributed by atoms with Crippen LogP contribution in [0.5, 0.6) is 11.5 Å². The van der Waals surface area contributed by atoms with Crippen molar-refractivity contribution in [3.8, 4) is 11.5 Å². The van der Waals surface area contributed by atoms with Crippen LogP contribution in [0, 0.1) is 6.92 Å². The molecule has 152 valence electrons. The number of carbonyl (C=O) groups excluding carboxylic acids is 2. The number of ether oxygens (including phenoxy) is 2. The molecule has 1 amide bonds. The zero-order valence-corrected chi connectivity index (χ0v) is 17.8. The Balaban J connectivity index is 1.60. The third kappa shape index (κ3) is 6.28. The van der Waals surface area contributed by atoms with Crippen molar-refractivity contribution in [2.45, 2.75) is 6.92 Å². The van der Waals surface area contributed by atoms with E-state index in [-0.39, 0.29) is 6.61 Å². The molecule has 0 spiro atoms. The van der Waals surface area contributed by atoms with Crippen LogP contribution in [0.25, 0.3) is 0 Å². The molecule has 0 bridgehead atoms. The van der Waals surface area contributed by atoms with Gasteiger partial charge in [0.15, 0.2) is 6.61 Å². The highest BCUT2D eigenvalue weighted by Crippen LogP contribution is 2.23. The number of carbonyl (C=O) groups is 2. The molecule has 0 unspecified atom stereocenters. The van der Waals surface area contributed by atoms with Crippen molar-refractivity contribution in [1.29, 1.82) is 0 Å². The SMILES string of the molecule is Cc1ccc(OCC(=O)NN=Cc2cc(Br)ccc2OC(=O)c2ccccc2)cc1. The first-order valence-electron chi connectivity index (χ1n) is 9.09. The third-order valence-electron chi connectivity index (χ3n) is 3.97. The maximum atomic E-state index is 12.3. The standard InChI is InChI=1S/C23H19BrN2O4/c1-16-7-10-20(11-8-16)29-15-22(27)26-25-14-18-13-19(24)9-12-21(18)30-23(28)17-5-3-2-4-6-17/h2-14H,15H2,1H3,(H,26,27). The van der Waals surface area contributed by atoms with Crippen molar-refractivity contribution < 1.29 is 19.1 Å². The smallest absolute Gasteiger partial charge is 0.343 e. The molecule has 0 aromatic heterocycles. The number of halogens is 1. The Morgan fingerprint density at radius 3 is 2.50 bits per heavy atom. The Kier molecular flexibility index (Phi) is 7.34. The third-order valence-corrected chi connectivity index (χ3v) is 4.46. The van der Waals surface area contributed by atoms with Crippen LogP contribution in [0.15, 0.2) is 82.4 Å². The minimum Gasteiger partial charge on any atom is -0.484 e. The molecule has 1 N–H and O–H groups in total. The first-order chi connectivity index (χ1) is 14.5. The van der Waals surface area contributed by atoms with E-state index in [4.69, 9.17) is 9.47 Å². The van der Waals surface area contributed by atoms with Crippen molar-refractivity contribution in [3.05, 3.63) is 94.0 Å². The van der Waals surface area contributed by atoms with Crippen LogP contribution in [-0.2, 0) is 4.79 Å². The maximum Gasteiger partial charge on any atom is 0.343 e. The van der Waals surface area contributed by atoms with Crippen LogP contribution < -0.4 is 14.9 Å². The summed E-state index contributed by atoms with van der Waals surface area (Å²) < 4.78 is 11.7. The van der Waals surface area contributed by atoms with E-state index in [2.05, 4.69) is 26.5 Å². The number of rotatable bonds is 7. The van der Waals surface area contributed by atoms with Crippen molar-refractivity contribution >= 4 is 34.0 Å². The second kappa shape index (κ2) is 10.4. The summed E-state index contributed by atoms with van der Waals surface area (Å²) in [5.74, 6) is 0.0237. The Labute approximate surface area is 182 Å². The summed E-state index contributed by atoms with van der Waals surface area (Å²) in [7, 11) is 0. The normalized spacial score (nSPS) is 10.6. The molecule has 0 radical (unpaired) electrons. The summed E-state index contributed by atoms with van der Waals surface area (Å²) in [6.45, 7) is 1.80. The Bertz CT molecular complexity index is 1050. The number of hydrazone groups is 1. The molecule has 6 nitrogen and oxygen atoms in total. The second-order valence-electron chi connectivity index (χ2n) is 6.33. The summed E-state index contributed by atoms with van der Waals surface area (Å²) in [6, 6.07) is 21.2. The highest BCUT2D eigenvalue weighted by Gasteiger charge is 2.11. The Hall–Kier alpha value is -3.45. The van der Waals surface area contributed by atoms with Gasteiger partial charge in [-0.15, -0.1) is 0 Å². The molecule has 0 fully saturated rings. The number of nitrogens with zero attached hydrogens (tertiary/aromatic N) is 1. The van der Waals surface area contributed by atoms with Gasteiger partial charge < -0.3 is 9.47 Å². The van der Waals surface area contributed by atoms with Crippen LogP contribution in [0.1, 0.15) is 21.5 Å². The van der Waals surface area contributed by atoms with E-state index in [1.54, 1.807) is 54.6 Å². The monoisotopic (exact) mass is 466 g/mol. The fraction of sp³-hybridized carbons (Fsp3) is 0.0870. The molecule has 0 heterocycles. The number of hydrogen-bond acceptors (Lipinski definition) is 5. The minimum absolute atomic E-state index is 0.172. The van der Waals surface area contributed by atoms with Gasteiger partial charge in [0, 0.05) is 10.0 Å². The number of esters is 1. The highest BCUT2D eigenvalue weighted by atomic mass is 79.9. The Morgan fingerprint density at radius 1 is 1.03 bits per heavy atom. The summed E-state index contributed by atoms with van der Waals surface area (Å²) >= 11 is 3.37. The predicted molar refractivity (Wildman–Crippen MR) is 118 cm³/mol. The lowest BCUT2D eigenvalue weighted by atomic mass is 10.2. The van der Waals surface area contributed by atoms with Crippen LogP contribution in [-0.4, -0.2) is 24.7 Å². The summed E-state index contributed by atoms with van der Waals surface area (Å²) in [4.78, 5) is 24.3. The topological polar surface area (TPSA) is 77.0 Å². The molecule has 3 aromatic carbocycles. The molecular formula is C23H19BrN2O4. The predicted octanol–water partition coefficient (Wildman–Crippen LogP) is 4.51. The summed E-state index contributed by atoms with van der Waals surface area (Å²) in [5, 5.41) is 3.93. The lowest BCUT2D eigenvalue weighted by Crippen LogP contribution is -2.24. The lowest BCUT2D eigenvalue weighted by Gasteiger charge is -2.08. The summed E-state index contributed by atoms with van der Waals surface area (Å²) in [6.07, 6.45) is 1.40.